The van der Waals surface area contributed by atoms with E-state index in [-0.39, 0.29) is 11.6 Å². The summed E-state index contributed by atoms with van der Waals surface area (Å²) < 4.78 is 18.8. The molecule has 0 aliphatic carbocycles. The first kappa shape index (κ1) is 13.3. The molecule has 0 amide bonds. The molecule has 21 heavy (non-hydrogen) atoms. The molecule has 5 heteroatoms. The van der Waals surface area contributed by atoms with Crippen molar-refractivity contribution in [3.8, 4) is 28.6 Å². The van der Waals surface area contributed by atoms with Gasteiger partial charge in [0, 0.05) is 11.1 Å². The van der Waals surface area contributed by atoms with E-state index in [1.54, 1.807) is 37.3 Å². The van der Waals surface area contributed by atoms with Crippen LogP contribution >= 0.6 is 0 Å². The standard InChI is InChI=1S/C16H13FN2O2/c1-9-3-4-11(8-14(9)17)15-18-16(21-19-15)13-6-5-12(20)7-10(13)2/h3-8,20H,1-2H3. The fourth-order valence-corrected chi connectivity index (χ4v) is 2.07. The van der Waals surface area contributed by atoms with Gasteiger partial charge in [-0.25, -0.2) is 4.39 Å². The molecule has 0 fully saturated rings. The monoisotopic (exact) mass is 284 g/mol. The van der Waals surface area contributed by atoms with Crippen LogP contribution in [0.25, 0.3) is 22.8 Å². The van der Waals surface area contributed by atoms with E-state index in [9.17, 15) is 9.50 Å². The van der Waals surface area contributed by atoms with Crippen LogP contribution in [0.5, 0.6) is 5.75 Å². The second-order valence-electron chi connectivity index (χ2n) is 4.89. The third-order valence-corrected chi connectivity index (χ3v) is 3.30. The van der Waals surface area contributed by atoms with E-state index < -0.39 is 0 Å². The molecule has 3 rings (SSSR count). The van der Waals surface area contributed by atoms with E-state index in [1.807, 2.05) is 6.92 Å². The van der Waals surface area contributed by atoms with Crippen molar-refractivity contribution in [3.05, 3.63) is 53.3 Å². The highest BCUT2D eigenvalue weighted by molar-refractivity contribution is 5.63. The molecule has 0 spiro atoms. The highest BCUT2D eigenvalue weighted by atomic mass is 19.1. The molecule has 106 valence electrons. The van der Waals surface area contributed by atoms with Gasteiger partial charge >= 0.3 is 0 Å². The average molecular weight is 284 g/mol. The lowest BCUT2D eigenvalue weighted by Crippen LogP contribution is -1.87. The minimum absolute atomic E-state index is 0.177. The average Bonchev–Trinajstić information content (AvgIpc) is 2.91. The number of aromatic nitrogens is 2. The van der Waals surface area contributed by atoms with E-state index >= 15 is 0 Å². The molecule has 1 heterocycles. The van der Waals surface area contributed by atoms with Crippen molar-refractivity contribution in [1.29, 1.82) is 0 Å². The summed E-state index contributed by atoms with van der Waals surface area (Å²) in [4.78, 5) is 4.29. The minimum atomic E-state index is -0.306. The number of phenolic OH excluding ortho intramolecular Hbond substituents is 1. The molecule has 3 aromatic rings. The fourth-order valence-electron chi connectivity index (χ4n) is 2.07. The Balaban J connectivity index is 2.01. The van der Waals surface area contributed by atoms with Crippen molar-refractivity contribution in [1.82, 2.24) is 10.1 Å². The number of phenols is 1. The number of hydrogen-bond acceptors (Lipinski definition) is 4. The smallest absolute Gasteiger partial charge is 0.258 e. The molecule has 0 radical (unpaired) electrons. The molecule has 0 saturated heterocycles. The van der Waals surface area contributed by atoms with Gasteiger partial charge in [0.1, 0.15) is 11.6 Å². The van der Waals surface area contributed by atoms with Crippen LogP contribution in [0.3, 0.4) is 0 Å². The summed E-state index contributed by atoms with van der Waals surface area (Å²) >= 11 is 0. The first-order chi connectivity index (χ1) is 10.0. The van der Waals surface area contributed by atoms with Crippen LogP contribution in [0.1, 0.15) is 11.1 Å². The number of aromatic hydroxyl groups is 1. The summed E-state index contributed by atoms with van der Waals surface area (Å²) in [6, 6.07) is 9.68. The Bertz CT molecular complexity index is 812. The van der Waals surface area contributed by atoms with Crippen molar-refractivity contribution in [2.24, 2.45) is 0 Å². The summed E-state index contributed by atoms with van der Waals surface area (Å²) in [5.41, 5.74) is 2.68. The van der Waals surface area contributed by atoms with Crippen LogP contribution in [0, 0.1) is 19.7 Å². The van der Waals surface area contributed by atoms with Crippen LogP contribution in [-0.4, -0.2) is 15.2 Å². The Hall–Kier alpha value is -2.69. The predicted molar refractivity (Wildman–Crippen MR) is 76.3 cm³/mol. The predicted octanol–water partition coefficient (Wildman–Crippen LogP) is 3.87. The Morgan fingerprint density at radius 3 is 2.57 bits per heavy atom. The van der Waals surface area contributed by atoms with Crippen LogP contribution in [0.4, 0.5) is 4.39 Å². The molecule has 0 bridgehead atoms. The van der Waals surface area contributed by atoms with Crippen LogP contribution in [-0.2, 0) is 0 Å². The van der Waals surface area contributed by atoms with Crippen molar-refractivity contribution in [2.75, 3.05) is 0 Å². The van der Waals surface area contributed by atoms with Crippen molar-refractivity contribution >= 4 is 0 Å². The third kappa shape index (κ3) is 2.50. The summed E-state index contributed by atoms with van der Waals surface area (Å²) in [6.45, 7) is 3.53. The molecule has 1 N–H and O–H groups in total. The minimum Gasteiger partial charge on any atom is -0.508 e. The van der Waals surface area contributed by atoms with Gasteiger partial charge in [0.15, 0.2) is 0 Å². The second kappa shape index (κ2) is 5.01. The van der Waals surface area contributed by atoms with Crippen molar-refractivity contribution in [2.45, 2.75) is 13.8 Å². The topological polar surface area (TPSA) is 59.2 Å². The lowest BCUT2D eigenvalue weighted by atomic mass is 10.1. The first-order valence-corrected chi connectivity index (χ1v) is 6.45. The Labute approximate surface area is 120 Å². The number of hydrogen-bond donors (Lipinski definition) is 1. The highest BCUT2D eigenvalue weighted by Crippen LogP contribution is 2.27. The summed E-state index contributed by atoms with van der Waals surface area (Å²) in [6.07, 6.45) is 0. The van der Waals surface area contributed by atoms with Gasteiger partial charge in [0.25, 0.3) is 5.89 Å². The van der Waals surface area contributed by atoms with E-state index in [0.717, 1.165) is 11.1 Å². The summed E-state index contributed by atoms with van der Waals surface area (Å²) in [5, 5.41) is 13.3. The number of nitrogens with zero attached hydrogens (tertiary/aromatic N) is 2. The Morgan fingerprint density at radius 2 is 1.86 bits per heavy atom. The van der Waals surface area contributed by atoms with E-state index in [4.69, 9.17) is 4.52 Å². The van der Waals surface area contributed by atoms with Crippen LogP contribution < -0.4 is 0 Å². The molecule has 1 aromatic heterocycles. The summed E-state index contributed by atoms with van der Waals surface area (Å²) in [7, 11) is 0. The van der Waals surface area contributed by atoms with Crippen molar-refractivity contribution in [3.63, 3.8) is 0 Å². The van der Waals surface area contributed by atoms with Gasteiger partial charge in [0.2, 0.25) is 5.82 Å². The summed E-state index contributed by atoms with van der Waals surface area (Å²) in [5.74, 6) is 0.538. The lowest BCUT2D eigenvalue weighted by Gasteiger charge is -2.00. The molecule has 2 aromatic carbocycles. The van der Waals surface area contributed by atoms with Crippen LogP contribution in [0.15, 0.2) is 40.9 Å². The van der Waals surface area contributed by atoms with E-state index in [1.165, 1.54) is 6.07 Å². The fraction of sp³-hybridized carbons (Fsp3) is 0.125. The van der Waals surface area contributed by atoms with E-state index in [0.29, 0.717) is 22.8 Å². The van der Waals surface area contributed by atoms with Gasteiger partial charge in [-0.1, -0.05) is 17.3 Å². The molecule has 0 aliphatic rings. The van der Waals surface area contributed by atoms with Gasteiger partial charge in [-0.2, -0.15) is 4.98 Å². The van der Waals surface area contributed by atoms with Crippen LogP contribution in [0.2, 0.25) is 0 Å². The molecule has 0 unspecified atom stereocenters. The Morgan fingerprint density at radius 1 is 1.05 bits per heavy atom. The van der Waals surface area contributed by atoms with Gasteiger partial charge < -0.3 is 9.63 Å². The number of rotatable bonds is 2. The first-order valence-electron chi connectivity index (χ1n) is 6.45. The number of halogens is 1. The quantitative estimate of drug-likeness (QED) is 0.776. The molecular formula is C16H13FN2O2. The molecule has 4 nitrogen and oxygen atoms in total. The van der Waals surface area contributed by atoms with Gasteiger partial charge in [-0.15, -0.1) is 0 Å². The van der Waals surface area contributed by atoms with Gasteiger partial charge in [0.05, 0.1) is 0 Å². The zero-order chi connectivity index (χ0) is 15.0. The lowest BCUT2D eigenvalue weighted by molar-refractivity contribution is 0.432. The maximum absolute atomic E-state index is 13.6. The van der Waals surface area contributed by atoms with E-state index in [2.05, 4.69) is 10.1 Å². The maximum atomic E-state index is 13.6. The number of benzene rings is 2. The number of aryl methyl sites for hydroxylation is 2. The third-order valence-electron chi connectivity index (χ3n) is 3.30. The van der Waals surface area contributed by atoms with Crippen molar-refractivity contribution < 1.29 is 14.0 Å². The SMILES string of the molecule is Cc1ccc(-c2noc(-c3ccc(O)cc3C)n2)cc1F. The maximum Gasteiger partial charge on any atom is 0.258 e. The zero-order valence-electron chi connectivity index (χ0n) is 11.6. The Kier molecular flexibility index (Phi) is 3.17. The molecule has 0 aliphatic heterocycles. The second-order valence-corrected chi connectivity index (χ2v) is 4.89. The highest BCUT2D eigenvalue weighted by Gasteiger charge is 2.13. The van der Waals surface area contributed by atoms with Gasteiger partial charge in [-0.3, -0.25) is 0 Å². The van der Waals surface area contributed by atoms with Gasteiger partial charge in [-0.05, 0) is 49.2 Å². The molecule has 0 saturated carbocycles. The molecule has 0 atom stereocenters. The molecular weight excluding hydrogens is 271 g/mol. The normalized spacial score (nSPS) is 10.8. The largest absolute Gasteiger partial charge is 0.508 e. The zero-order valence-corrected chi connectivity index (χ0v) is 11.6.